The third-order valence-corrected chi connectivity index (χ3v) is 4.37. The number of carboxylic acid groups (broad SMARTS) is 1. The summed E-state index contributed by atoms with van der Waals surface area (Å²) in [5.74, 6) is -1.13. The molecular formula is C8H9NO3S2. The summed E-state index contributed by atoms with van der Waals surface area (Å²) in [7, 11) is 0. The van der Waals surface area contributed by atoms with E-state index in [9.17, 15) is 9.59 Å². The number of aliphatic carboxylic acids is 1. The van der Waals surface area contributed by atoms with Crippen molar-refractivity contribution in [2.45, 2.75) is 24.8 Å². The van der Waals surface area contributed by atoms with Gasteiger partial charge in [0.05, 0.1) is 15.5 Å². The molecule has 76 valence electrons. The Balaban J connectivity index is 2.23. The summed E-state index contributed by atoms with van der Waals surface area (Å²) in [6.07, 6.45) is 0.752. The smallest absolute Gasteiger partial charge is 0.332 e. The first kappa shape index (κ1) is 9.92. The summed E-state index contributed by atoms with van der Waals surface area (Å²) in [5.41, 5.74) is 0. The van der Waals surface area contributed by atoms with Gasteiger partial charge < -0.3 is 10.0 Å². The average molecular weight is 231 g/mol. The van der Waals surface area contributed by atoms with Crippen LogP contribution in [0.3, 0.4) is 0 Å². The largest absolute Gasteiger partial charge is 0.479 e. The van der Waals surface area contributed by atoms with Gasteiger partial charge in [-0.05, 0) is 6.42 Å². The quantitative estimate of drug-likeness (QED) is 0.560. The second-order valence-electron chi connectivity index (χ2n) is 3.33. The molecule has 0 spiro atoms. The molecule has 1 N–H and O–H groups in total. The van der Waals surface area contributed by atoms with Crippen molar-refractivity contribution in [2.75, 3.05) is 0 Å². The Morgan fingerprint density at radius 3 is 2.86 bits per heavy atom. The lowest BCUT2D eigenvalue weighted by molar-refractivity contribution is -0.159. The molecule has 2 fully saturated rings. The molecular weight excluding hydrogens is 222 g/mol. The van der Waals surface area contributed by atoms with Gasteiger partial charge in [0.25, 0.3) is 0 Å². The minimum atomic E-state index is -1.02. The highest BCUT2D eigenvalue weighted by molar-refractivity contribution is 8.24. The first-order valence-corrected chi connectivity index (χ1v) is 5.62. The summed E-state index contributed by atoms with van der Waals surface area (Å²) in [5, 5.41) is 8.86. The molecule has 2 rings (SSSR count). The number of hydrogen-bond acceptors (Lipinski definition) is 4. The maximum Gasteiger partial charge on any atom is 0.332 e. The third-order valence-electron chi connectivity index (χ3n) is 2.60. The van der Waals surface area contributed by atoms with E-state index in [0.717, 1.165) is 6.42 Å². The van der Waals surface area contributed by atoms with E-state index in [1.807, 2.05) is 6.92 Å². The Kier molecular flexibility index (Phi) is 2.27. The van der Waals surface area contributed by atoms with Crippen LogP contribution in [0.15, 0.2) is 0 Å². The fourth-order valence-corrected chi connectivity index (χ4v) is 3.76. The van der Waals surface area contributed by atoms with Crippen molar-refractivity contribution in [3.05, 3.63) is 0 Å². The SMILES string of the molecule is CCC1C(=O)N2C(C(=O)O)C(=S)S[C@H]12. The Morgan fingerprint density at radius 1 is 1.71 bits per heavy atom. The lowest BCUT2D eigenvalue weighted by atomic mass is 9.94. The highest BCUT2D eigenvalue weighted by atomic mass is 32.2. The average Bonchev–Trinajstić information content (AvgIpc) is 2.40. The molecule has 1 amide bonds. The molecule has 0 aromatic heterocycles. The Labute approximate surface area is 90.6 Å². The predicted molar refractivity (Wildman–Crippen MR) is 56.0 cm³/mol. The predicted octanol–water partition coefficient (Wildman–Crippen LogP) is 0.708. The zero-order chi connectivity index (χ0) is 10.5. The van der Waals surface area contributed by atoms with Gasteiger partial charge in [0.15, 0.2) is 6.04 Å². The maximum absolute atomic E-state index is 11.5. The topological polar surface area (TPSA) is 57.6 Å². The third kappa shape index (κ3) is 1.10. The second kappa shape index (κ2) is 3.20. The molecule has 3 atom stereocenters. The highest BCUT2D eigenvalue weighted by Gasteiger charge is 2.58. The van der Waals surface area contributed by atoms with Crippen LogP contribution in [0.2, 0.25) is 0 Å². The standard InChI is InChI=1S/C8H9NO3S2/c1-2-3-5(10)9-4(7(11)12)8(13)14-6(3)9/h3-4,6H,2H2,1H3,(H,11,12)/t3?,4?,6-/m1/s1. The number of fused-ring (bicyclic) bond motifs is 1. The lowest BCUT2D eigenvalue weighted by Crippen LogP contribution is -2.61. The molecule has 2 heterocycles. The Morgan fingerprint density at radius 2 is 2.36 bits per heavy atom. The van der Waals surface area contributed by atoms with Gasteiger partial charge in [0, 0.05) is 0 Å². The molecule has 0 aromatic carbocycles. The number of β-lactam (4-membered cyclic amide) rings is 1. The minimum absolute atomic E-state index is 0.0268. The minimum Gasteiger partial charge on any atom is -0.479 e. The van der Waals surface area contributed by atoms with Crippen LogP contribution in [0.5, 0.6) is 0 Å². The summed E-state index contributed by atoms with van der Waals surface area (Å²) in [6, 6.07) is -0.879. The summed E-state index contributed by atoms with van der Waals surface area (Å²) in [4.78, 5) is 23.8. The molecule has 4 nitrogen and oxygen atoms in total. The zero-order valence-electron chi connectivity index (χ0n) is 7.47. The number of amides is 1. The molecule has 0 aliphatic carbocycles. The fourth-order valence-electron chi connectivity index (χ4n) is 1.86. The van der Waals surface area contributed by atoms with E-state index in [-0.39, 0.29) is 17.2 Å². The summed E-state index contributed by atoms with van der Waals surface area (Å²) in [6.45, 7) is 1.93. The van der Waals surface area contributed by atoms with Gasteiger partial charge in [-0.25, -0.2) is 4.79 Å². The van der Waals surface area contributed by atoms with E-state index in [1.165, 1.54) is 16.7 Å². The number of hydrogen-bond donors (Lipinski definition) is 1. The number of thioether (sulfide) groups is 1. The number of carbonyl (C=O) groups is 2. The van der Waals surface area contributed by atoms with Gasteiger partial charge in [-0.3, -0.25) is 4.79 Å². The highest BCUT2D eigenvalue weighted by Crippen LogP contribution is 2.46. The van der Waals surface area contributed by atoms with Crippen LogP contribution in [0.1, 0.15) is 13.3 Å². The van der Waals surface area contributed by atoms with Crippen LogP contribution >= 0.6 is 24.0 Å². The van der Waals surface area contributed by atoms with Crippen LogP contribution in [0.25, 0.3) is 0 Å². The number of carboxylic acids is 1. The van der Waals surface area contributed by atoms with Gasteiger partial charge in [0.2, 0.25) is 5.91 Å². The van der Waals surface area contributed by atoms with Gasteiger partial charge >= 0.3 is 5.97 Å². The first-order valence-electron chi connectivity index (χ1n) is 4.33. The monoisotopic (exact) mass is 231 g/mol. The van der Waals surface area contributed by atoms with Crippen molar-refractivity contribution in [1.82, 2.24) is 4.90 Å². The van der Waals surface area contributed by atoms with Crippen molar-refractivity contribution in [3.63, 3.8) is 0 Å². The van der Waals surface area contributed by atoms with Crippen molar-refractivity contribution >= 4 is 40.1 Å². The number of rotatable bonds is 2. The van der Waals surface area contributed by atoms with Crippen LogP contribution in [-0.4, -0.2) is 37.5 Å². The van der Waals surface area contributed by atoms with E-state index in [4.69, 9.17) is 17.3 Å². The van der Waals surface area contributed by atoms with Crippen molar-refractivity contribution in [3.8, 4) is 0 Å². The zero-order valence-corrected chi connectivity index (χ0v) is 9.10. The normalized spacial score (nSPS) is 35.5. The molecule has 0 radical (unpaired) electrons. The van der Waals surface area contributed by atoms with Gasteiger partial charge in [-0.2, -0.15) is 0 Å². The molecule has 2 aliphatic heterocycles. The molecule has 2 aliphatic rings. The summed E-state index contributed by atoms with van der Waals surface area (Å²) < 4.78 is 0.409. The molecule has 0 saturated carbocycles. The number of carbonyl (C=O) groups excluding carboxylic acids is 1. The van der Waals surface area contributed by atoms with Crippen LogP contribution in [-0.2, 0) is 9.59 Å². The Hall–Kier alpha value is -0.620. The molecule has 6 heteroatoms. The van der Waals surface area contributed by atoms with Gasteiger partial charge in [-0.1, -0.05) is 30.9 Å². The number of nitrogens with zero attached hydrogens (tertiary/aromatic N) is 1. The van der Waals surface area contributed by atoms with E-state index < -0.39 is 12.0 Å². The van der Waals surface area contributed by atoms with Crippen LogP contribution in [0, 0.1) is 5.92 Å². The van der Waals surface area contributed by atoms with E-state index in [2.05, 4.69) is 0 Å². The molecule has 0 bridgehead atoms. The molecule has 2 unspecified atom stereocenters. The molecule has 14 heavy (non-hydrogen) atoms. The maximum atomic E-state index is 11.5. The van der Waals surface area contributed by atoms with E-state index >= 15 is 0 Å². The van der Waals surface area contributed by atoms with E-state index in [0.29, 0.717) is 4.20 Å². The van der Waals surface area contributed by atoms with Crippen molar-refractivity contribution in [2.24, 2.45) is 5.92 Å². The molecule has 0 aromatic rings. The summed E-state index contributed by atoms with van der Waals surface area (Å²) >= 11 is 6.30. The second-order valence-corrected chi connectivity index (χ2v) is 5.19. The van der Waals surface area contributed by atoms with Gasteiger partial charge in [-0.15, -0.1) is 0 Å². The lowest BCUT2D eigenvalue weighted by Gasteiger charge is -2.42. The van der Waals surface area contributed by atoms with Crippen LogP contribution < -0.4 is 0 Å². The van der Waals surface area contributed by atoms with Crippen molar-refractivity contribution in [1.29, 1.82) is 0 Å². The molecule has 2 saturated heterocycles. The van der Waals surface area contributed by atoms with Gasteiger partial charge in [0.1, 0.15) is 0 Å². The Bertz CT molecular complexity index is 331. The van der Waals surface area contributed by atoms with Crippen LogP contribution in [0.4, 0.5) is 0 Å². The fraction of sp³-hybridized carbons (Fsp3) is 0.625. The van der Waals surface area contributed by atoms with E-state index in [1.54, 1.807) is 0 Å². The first-order chi connectivity index (χ1) is 6.57. The number of thiocarbonyl (C=S) groups is 1. The van der Waals surface area contributed by atoms with Crippen molar-refractivity contribution < 1.29 is 14.7 Å².